The first-order valence-corrected chi connectivity index (χ1v) is 10.5. The number of likely N-dealkylation sites (tertiary alicyclic amines) is 1. The van der Waals surface area contributed by atoms with Crippen LogP contribution in [0.25, 0.3) is 0 Å². The van der Waals surface area contributed by atoms with E-state index < -0.39 is 5.97 Å². The van der Waals surface area contributed by atoms with Crippen LogP contribution in [0.2, 0.25) is 0 Å². The summed E-state index contributed by atoms with van der Waals surface area (Å²) in [5.74, 6) is 0.782. The highest BCUT2D eigenvalue weighted by atomic mass is 32.2. The van der Waals surface area contributed by atoms with Crippen molar-refractivity contribution in [2.45, 2.75) is 35.7 Å². The van der Waals surface area contributed by atoms with Gasteiger partial charge in [0.15, 0.2) is 5.82 Å². The lowest BCUT2D eigenvalue weighted by molar-refractivity contribution is -0.131. The molecular formula is C21H22N4O2S. The summed E-state index contributed by atoms with van der Waals surface area (Å²) in [6.45, 7) is 2.78. The maximum absolute atomic E-state index is 11.2. The minimum Gasteiger partial charge on any atom is -0.478 e. The van der Waals surface area contributed by atoms with E-state index in [-0.39, 0.29) is 0 Å². The van der Waals surface area contributed by atoms with Gasteiger partial charge >= 0.3 is 5.97 Å². The lowest BCUT2D eigenvalue weighted by Crippen LogP contribution is -2.44. The number of aliphatic carboxylic acids is 1. The molecule has 0 unspecified atom stereocenters. The standard InChI is InChI=1S/C21H22N4O2S/c26-19(27)9-16-14-2-1-3-15(16)12-25(11-14)10-13-4-5-18-17(8-13)24-20-21(28-18)23-7-6-22-20/h4-9,14-15H,1-3,10-12H2,(H,22,24)(H,26,27)/t14-,15+. The van der Waals surface area contributed by atoms with Crippen molar-refractivity contribution >= 4 is 29.2 Å². The van der Waals surface area contributed by atoms with Gasteiger partial charge in [0.2, 0.25) is 0 Å². The summed E-state index contributed by atoms with van der Waals surface area (Å²) in [5, 5.41) is 13.5. The van der Waals surface area contributed by atoms with E-state index in [1.54, 1.807) is 24.2 Å². The highest BCUT2D eigenvalue weighted by Gasteiger charge is 2.35. The fourth-order valence-electron chi connectivity index (χ4n) is 4.71. The molecule has 7 heteroatoms. The molecule has 3 heterocycles. The normalized spacial score (nSPS) is 24.9. The first-order chi connectivity index (χ1) is 13.7. The zero-order valence-electron chi connectivity index (χ0n) is 15.5. The molecule has 1 aromatic carbocycles. The predicted octanol–water partition coefficient (Wildman–Crippen LogP) is 3.93. The molecule has 2 fully saturated rings. The molecule has 2 bridgehead atoms. The van der Waals surface area contributed by atoms with E-state index in [2.05, 4.69) is 38.4 Å². The van der Waals surface area contributed by atoms with Crippen molar-refractivity contribution in [2.75, 3.05) is 18.4 Å². The summed E-state index contributed by atoms with van der Waals surface area (Å²) in [6, 6.07) is 6.55. The third kappa shape index (κ3) is 3.40. The third-order valence-electron chi connectivity index (χ3n) is 5.87. The number of aromatic nitrogens is 2. The largest absolute Gasteiger partial charge is 0.478 e. The molecule has 0 amide bonds. The minimum absolute atomic E-state index is 0.386. The fourth-order valence-corrected chi connectivity index (χ4v) is 5.59. The third-order valence-corrected chi connectivity index (χ3v) is 6.94. The van der Waals surface area contributed by atoms with Gasteiger partial charge in [0, 0.05) is 43.0 Å². The van der Waals surface area contributed by atoms with E-state index in [9.17, 15) is 9.90 Å². The maximum Gasteiger partial charge on any atom is 0.328 e. The highest BCUT2D eigenvalue weighted by Crippen LogP contribution is 2.43. The number of benzene rings is 1. The van der Waals surface area contributed by atoms with Crippen molar-refractivity contribution in [1.29, 1.82) is 0 Å². The van der Waals surface area contributed by atoms with Gasteiger partial charge in [0.1, 0.15) is 5.03 Å². The van der Waals surface area contributed by atoms with E-state index in [0.717, 1.165) is 54.6 Å². The van der Waals surface area contributed by atoms with Gasteiger partial charge in [-0.15, -0.1) is 0 Å². The van der Waals surface area contributed by atoms with E-state index in [1.807, 2.05) is 0 Å². The van der Waals surface area contributed by atoms with E-state index in [4.69, 9.17) is 0 Å². The molecule has 1 saturated heterocycles. The van der Waals surface area contributed by atoms with Crippen LogP contribution in [-0.2, 0) is 11.3 Å². The van der Waals surface area contributed by atoms with E-state index in [1.165, 1.54) is 23.0 Å². The van der Waals surface area contributed by atoms with Crippen molar-refractivity contribution in [3.8, 4) is 0 Å². The Morgan fingerprint density at radius 1 is 1.25 bits per heavy atom. The Bertz CT molecular complexity index is 945. The Morgan fingerprint density at radius 3 is 2.82 bits per heavy atom. The van der Waals surface area contributed by atoms with Crippen LogP contribution in [0, 0.1) is 11.8 Å². The SMILES string of the molecule is O=C(O)C=C1[C@@H]2CCC[C@H]1CN(Cc1ccc3c(c1)Nc1nccnc1S3)C2. The highest BCUT2D eigenvalue weighted by molar-refractivity contribution is 7.99. The number of carbonyl (C=O) groups is 1. The van der Waals surface area contributed by atoms with Gasteiger partial charge in [-0.2, -0.15) is 0 Å². The second-order valence-corrected chi connectivity index (χ2v) is 8.80. The number of hydrogen-bond acceptors (Lipinski definition) is 6. The van der Waals surface area contributed by atoms with E-state index >= 15 is 0 Å². The molecule has 28 heavy (non-hydrogen) atoms. The van der Waals surface area contributed by atoms with Crippen LogP contribution in [0.4, 0.5) is 11.5 Å². The Morgan fingerprint density at radius 2 is 2.04 bits per heavy atom. The summed E-state index contributed by atoms with van der Waals surface area (Å²) >= 11 is 1.64. The summed E-state index contributed by atoms with van der Waals surface area (Å²) < 4.78 is 0. The van der Waals surface area contributed by atoms with Crippen molar-refractivity contribution in [1.82, 2.24) is 14.9 Å². The molecule has 1 aliphatic carbocycles. The number of nitrogens with zero attached hydrogens (tertiary/aromatic N) is 3. The van der Waals surface area contributed by atoms with Crippen LogP contribution in [0.15, 0.2) is 52.2 Å². The van der Waals surface area contributed by atoms with Gasteiger partial charge in [0.25, 0.3) is 0 Å². The number of carboxylic acids is 1. The van der Waals surface area contributed by atoms with Gasteiger partial charge in [-0.05, 0) is 42.4 Å². The molecule has 0 spiro atoms. The molecule has 2 atom stereocenters. The lowest BCUT2D eigenvalue weighted by atomic mass is 9.73. The van der Waals surface area contributed by atoms with Crippen LogP contribution in [0.5, 0.6) is 0 Å². The molecular weight excluding hydrogens is 372 g/mol. The fraction of sp³-hybridized carbons (Fsp3) is 0.381. The molecule has 6 nitrogen and oxygen atoms in total. The van der Waals surface area contributed by atoms with Gasteiger partial charge in [0.05, 0.1) is 5.69 Å². The second kappa shape index (κ2) is 7.22. The van der Waals surface area contributed by atoms with Gasteiger partial charge in [-0.1, -0.05) is 29.8 Å². The Hall–Kier alpha value is -2.38. The molecule has 1 saturated carbocycles. The summed E-state index contributed by atoms with van der Waals surface area (Å²) in [6.07, 6.45) is 8.31. The topological polar surface area (TPSA) is 78.4 Å². The van der Waals surface area contributed by atoms with Crippen LogP contribution in [0.1, 0.15) is 24.8 Å². The minimum atomic E-state index is -0.804. The first-order valence-electron chi connectivity index (χ1n) is 9.71. The van der Waals surface area contributed by atoms with Crippen molar-refractivity contribution in [3.63, 3.8) is 0 Å². The molecule has 2 aromatic rings. The lowest BCUT2D eigenvalue weighted by Gasteiger charge is -2.43. The van der Waals surface area contributed by atoms with Crippen LogP contribution in [0.3, 0.4) is 0 Å². The summed E-state index contributed by atoms with van der Waals surface area (Å²) in [4.78, 5) is 23.6. The van der Waals surface area contributed by atoms with Crippen molar-refractivity contribution in [3.05, 3.63) is 47.8 Å². The van der Waals surface area contributed by atoms with Crippen LogP contribution in [-0.4, -0.2) is 39.0 Å². The molecule has 1 aromatic heterocycles. The Labute approximate surface area is 168 Å². The van der Waals surface area contributed by atoms with Crippen LogP contribution < -0.4 is 5.32 Å². The molecule has 5 rings (SSSR count). The quantitative estimate of drug-likeness (QED) is 0.652. The maximum atomic E-state index is 11.2. The number of anilines is 2. The average Bonchev–Trinajstić information content (AvgIpc) is 2.66. The van der Waals surface area contributed by atoms with E-state index in [0.29, 0.717) is 11.8 Å². The zero-order chi connectivity index (χ0) is 19.1. The first kappa shape index (κ1) is 17.7. The zero-order valence-corrected chi connectivity index (χ0v) is 16.3. The summed E-state index contributed by atoms with van der Waals surface area (Å²) in [7, 11) is 0. The van der Waals surface area contributed by atoms with Gasteiger partial charge in [-0.25, -0.2) is 14.8 Å². The van der Waals surface area contributed by atoms with Crippen molar-refractivity contribution < 1.29 is 9.90 Å². The predicted molar refractivity (Wildman–Crippen MR) is 108 cm³/mol. The van der Waals surface area contributed by atoms with Crippen LogP contribution >= 0.6 is 11.8 Å². The van der Waals surface area contributed by atoms with Crippen molar-refractivity contribution in [2.24, 2.45) is 11.8 Å². The molecule has 144 valence electrons. The second-order valence-electron chi connectivity index (χ2n) is 7.77. The summed E-state index contributed by atoms with van der Waals surface area (Å²) in [5.41, 5.74) is 3.51. The number of rotatable bonds is 3. The molecule has 0 radical (unpaired) electrons. The number of fused-ring (bicyclic) bond motifs is 4. The Balaban J connectivity index is 1.32. The number of hydrogen-bond donors (Lipinski definition) is 2. The smallest absolute Gasteiger partial charge is 0.328 e. The number of carboxylic acid groups (broad SMARTS) is 1. The monoisotopic (exact) mass is 394 g/mol. The van der Waals surface area contributed by atoms with Gasteiger partial charge in [-0.3, -0.25) is 4.90 Å². The molecule has 3 aliphatic rings. The number of piperidine rings is 1. The molecule has 2 N–H and O–H groups in total. The van der Waals surface area contributed by atoms with Gasteiger partial charge < -0.3 is 10.4 Å². The number of nitrogens with one attached hydrogen (secondary N) is 1. The molecule has 2 aliphatic heterocycles. The average molecular weight is 395 g/mol. The Kier molecular flexibility index (Phi) is 4.56.